The third-order valence-electron chi connectivity index (χ3n) is 7.56. The van der Waals surface area contributed by atoms with Crippen LogP contribution in [0, 0.1) is 29.4 Å². The molecule has 0 saturated heterocycles. The van der Waals surface area contributed by atoms with Crippen molar-refractivity contribution in [1.82, 2.24) is 0 Å². The zero-order chi connectivity index (χ0) is 19.5. The van der Waals surface area contributed by atoms with Gasteiger partial charge in [-0.05, 0) is 84.2 Å². The molecule has 2 saturated carbocycles. The molecule has 2 aromatic carbocycles. The van der Waals surface area contributed by atoms with Gasteiger partial charge in [-0.15, -0.1) is 0 Å². The number of benzene rings is 2. The first kappa shape index (κ1) is 19.9. The smallest absolute Gasteiger partial charge is 0.159 e. The van der Waals surface area contributed by atoms with Crippen molar-refractivity contribution >= 4 is 10.8 Å². The fraction of sp³-hybridized carbons (Fsp3) is 0.615. The largest absolute Gasteiger partial charge is 0.204 e. The van der Waals surface area contributed by atoms with Crippen LogP contribution in [0.5, 0.6) is 0 Å². The molecule has 0 bridgehead atoms. The van der Waals surface area contributed by atoms with Crippen molar-refractivity contribution in [2.24, 2.45) is 17.8 Å². The molecule has 152 valence electrons. The van der Waals surface area contributed by atoms with E-state index in [2.05, 4.69) is 19.1 Å². The van der Waals surface area contributed by atoms with Gasteiger partial charge in [0.15, 0.2) is 11.6 Å². The molecule has 0 N–H and O–H groups in total. The van der Waals surface area contributed by atoms with Gasteiger partial charge in [0.05, 0.1) is 0 Å². The number of unbranched alkanes of at least 4 members (excludes halogenated alkanes) is 3. The monoisotopic (exact) mass is 384 g/mol. The van der Waals surface area contributed by atoms with Crippen LogP contribution in [-0.4, -0.2) is 0 Å². The molecule has 2 aliphatic carbocycles. The predicted octanol–water partition coefficient (Wildman–Crippen LogP) is 8.39. The van der Waals surface area contributed by atoms with Gasteiger partial charge < -0.3 is 0 Å². The van der Waals surface area contributed by atoms with Crippen LogP contribution in [0.2, 0.25) is 0 Å². The van der Waals surface area contributed by atoms with E-state index >= 15 is 0 Å². The van der Waals surface area contributed by atoms with Crippen LogP contribution in [0.15, 0.2) is 30.3 Å². The van der Waals surface area contributed by atoms with Crippen LogP contribution in [0.25, 0.3) is 10.8 Å². The average Bonchev–Trinajstić information content (AvgIpc) is 2.71. The molecular formula is C26H34F2. The van der Waals surface area contributed by atoms with E-state index < -0.39 is 11.6 Å². The molecule has 0 radical (unpaired) electrons. The van der Waals surface area contributed by atoms with Gasteiger partial charge in [0.25, 0.3) is 0 Å². The number of hydrogen-bond donors (Lipinski definition) is 0. The van der Waals surface area contributed by atoms with Gasteiger partial charge in [0.1, 0.15) is 0 Å². The Morgan fingerprint density at radius 1 is 0.786 bits per heavy atom. The van der Waals surface area contributed by atoms with Crippen molar-refractivity contribution in [2.75, 3.05) is 0 Å². The molecule has 2 heteroatoms. The van der Waals surface area contributed by atoms with Crippen molar-refractivity contribution in [3.63, 3.8) is 0 Å². The Balaban J connectivity index is 1.37. The van der Waals surface area contributed by atoms with Crippen molar-refractivity contribution in [3.05, 3.63) is 47.5 Å². The van der Waals surface area contributed by atoms with Gasteiger partial charge >= 0.3 is 0 Å². The molecule has 0 aliphatic heterocycles. The van der Waals surface area contributed by atoms with E-state index in [4.69, 9.17) is 0 Å². The molecule has 0 heterocycles. The Hall–Kier alpha value is -1.44. The summed E-state index contributed by atoms with van der Waals surface area (Å²) in [6.45, 7) is 2.29. The van der Waals surface area contributed by atoms with Gasteiger partial charge in [-0.1, -0.05) is 63.6 Å². The van der Waals surface area contributed by atoms with E-state index in [0.717, 1.165) is 28.5 Å². The summed E-state index contributed by atoms with van der Waals surface area (Å²) in [7, 11) is 0. The van der Waals surface area contributed by atoms with E-state index in [1.54, 1.807) is 0 Å². The first-order valence-corrected chi connectivity index (χ1v) is 11.5. The molecule has 0 amide bonds. The van der Waals surface area contributed by atoms with Gasteiger partial charge in [-0.2, -0.15) is 0 Å². The number of fused-ring (bicyclic) bond motifs is 2. The van der Waals surface area contributed by atoms with Crippen molar-refractivity contribution in [1.29, 1.82) is 0 Å². The average molecular weight is 385 g/mol. The Morgan fingerprint density at radius 2 is 1.54 bits per heavy atom. The summed E-state index contributed by atoms with van der Waals surface area (Å²) in [5.41, 5.74) is 1.32. The maximum Gasteiger partial charge on any atom is 0.159 e. The Labute approximate surface area is 168 Å². The number of hydrogen-bond acceptors (Lipinski definition) is 0. The lowest BCUT2D eigenvalue weighted by Gasteiger charge is -2.42. The van der Waals surface area contributed by atoms with E-state index in [1.165, 1.54) is 88.3 Å². The van der Waals surface area contributed by atoms with E-state index in [-0.39, 0.29) is 0 Å². The SMILES string of the molecule is CCCCCCC1CCC2CC(c3ccc4cc(F)c(F)cc4c3)CCC2C1. The van der Waals surface area contributed by atoms with Crippen LogP contribution >= 0.6 is 0 Å². The normalized spacial score (nSPS) is 27.7. The molecule has 0 nitrogen and oxygen atoms in total. The first-order chi connectivity index (χ1) is 13.6. The maximum atomic E-state index is 13.6. The Kier molecular flexibility index (Phi) is 6.33. The van der Waals surface area contributed by atoms with E-state index in [1.807, 2.05) is 6.07 Å². The molecule has 28 heavy (non-hydrogen) atoms. The third-order valence-corrected chi connectivity index (χ3v) is 7.56. The fourth-order valence-corrected chi connectivity index (χ4v) is 5.93. The van der Waals surface area contributed by atoms with E-state index in [0.29, 0.717) is 5.92 Å². The molecule has 0 aromatic heterocycles. The fourth-order valence-electron chi connectivity index (χ4n) is 5.93. The highest BCUT2D eigenvalue weighted by molar-refractivity contribution is 5.83. The van der Waals surface area contributed by atoms with Crippen molar-refractivity contribution < 1.29 is 8.78 Å². The second-order valence-electron chi connectivity index (χ2n) is 9.43. The standard InChI is InChI=1S/C26H34F2/c1-2-3-4-5-6-18-7-8-20-14-21(10-9-19(20)13-18)22-11-12-23-16-25(27)26(28)17-24(23)15-22/h11-12,15-21H,2-10,13-14H2,1H3. The van der Waals surface area contributed by atoms with Crippen LogP contribution in [0.3, 0.4) is 0 Å². The zero-order valence-electron chi connectivity index (χ0n) is 17.2. The predicted molar refractivity (Wildman–Crippen MR) is 114 cm³/mol. The van der Waals surface area contributed by atoms with Gasteiger partial charge in [-0.25, -0.2) is 8.78 Å². The minimum absolute atomic E-state index is 0.583. The second kappa shape index (κ2) is 8.93. The van der Waals surface area contributed by atoms with Crippen LogP contribution in [-0.2, 0) is 0 Å². The highest BCUT2D eigenvalue weighted by atomic mass is 19.2. The minimum atomic E-state index is -0.757. The third kappa shape index (κ3) is 4.42. The van der Waals surface area contributed by atoms with Crippen LogP contribution in [0.1, 0.15) is 89.0 Å². The van der Waals surface area contributed by atoms with Crippen molar-refractivity contribution in [2.45, 2.75) is 83.5 Å². The second-order valence-corrected chi connectivity index (χ2v) is 9.43. The Bertz CT molecular complexity index is 796. The van der Waals surface area contributed by atoms with Crippen molar-refractivity contribution in [3.8, 4) is 0 Å². The summed E-state index contributed by atoms with van der Waals surface area (Å²) in [5, 5.41) is 1.62. The molecule has 4 rings (SSSR count). The minimum Gasteiger partial charge on any atom is -0.204 e. The maximum absolute atomic E-state index is 13.6. The summed E-state index contributed by atoms with van der Waals surface area (Å²) in [6, 6.07) is 8.87. The summed E-state index contributed by atoms with van der Waals surface area (Å²) in [6.07, 6.45) is 15.1. The summed E-state index contributed by atoms with van der Waals surface area (Å²) >= 11 is 0. The molecule has 2 fully saturated rings. The quantitative estimate of drug-likeness (QED) is 0.439. The zero-order valence-corrected chi connectivity index (χ0v) is 17.2. The van der Waals surface area contributed by atoms with Crippen LogP contribution in [0.4, 0.5) is 8.78 Å². The summed E-state index contributed by atoms with van der Waals surface area (Å²) in [4.78, 5) is 0. The summed E-state index contributed by atoms with van der Waals surface area (Å²) in [5.74, 6) is 1.84. The number of halogens is 2. The lowest BCUT2D eigenvalue weighted by Crippen LogP contribution is -2.30. The van der Waals surface area contributed by atoms with Gasteiger partial charge in [-0.3, -0.25) is 0 Å². The van der Waals surface area contributed by atoms with Gasteiger partial charge in [0.2, 0.25) is 0 Å². The highest BCUT2D eigenvalue weighted by Gasteiger charge is 2.35. The molecular weight excluding hydrogens is 350 g/mol. The number of rotatable bonds is 6. The first-order valence-electron chi connectivity index (χ1n) is 11.5. The molecule has 0 spiro atoms. The molecule has 4 unspecified atom stereocenters. The molecule has 2 aliphatic rings. The highest BCUT2D eigenvalue weighted by Crippen LogP contribution is 2.48. The molecule has 4 atom stereocenters. The summed E-state index contributed by atoms with van der Waals surface area (Å²) < 4.78 is 27.1. The van der Waals surface area contributed by atoms with E-state index in [9.17, 15) is 8.78 Å². The lowest BCUT2D eigenvalue weighted by molar-refractivity contribution is 0.113. The van der Waals surface area contributed by atoms with Gasteiger partial charge in [0, 0.05) is 0 Å². The van der Waals surface area contributed by atoms with Crippen LogP contribution < -0.4 is 0 Å². The molecule has 2 aromatic rings. The Morgan fingerprint density at radius 3 is 2.36 bits per heavy atom. The lowest BCUT2D eigenvalue weighted by atomic mass is 9.63. The topological polar surface area (TPSA) is 0 Å².